The van der Waals surface area contributed by atoms with Crippen molar-refractivity contribution in [2.75, 3.05) is 4.90 Å². The first-order valence-electron chi connectivity index (χ1n) is 12.5. The van der Waals surface area contributed by atoms with Crippen LogP contribution < -0.4 is 4.90 Å². The number of carbonyl (C=O) groups is 2. The van der Waals surface area contributed by atoms with Gasteiger partial charge in [-0.25, -0.2) is 9.59 Å². The molecule has 0 aliphatic heterocycles. The number of hydrogen-bond donors (Lipinski definition) is 2. The minimum absolute atomic E-state index is 0.228. The Morgan fingerprint density at radius 3 is 1.52 bits per heavy atom. The second-order valence-electron chi connectivity index (χ2n) is 8.92. The first kappa shape index (κ1) is 26.4. The summed E-state index contributed by atoms with van der Waals surface area (Å²) in [6, 6.07) is 37.3. The molecule has 0 bridgehead atoms. The van der Waals surface area contributed by atoms with Crippen LogP contribution in [0.25, 0.3) is 24.3 Å². The van der Waals surface area contributed by atoms with Crippen LogP contribution in [0.5, 0.6) is 0 Å². The van der Waals surface area contributed by atoms with Crippen molar-refractivity contribution in [1.29, 1.82) is 0 Å². The van der Waals surface area contributed by atoms with Gasteiger partial charge in [-0.15, -0.1) is 11.3 Å². The Balaban J connectivity index is 1.30. The van der Waals surface area contributed by atoms with Gasteiger partial charge in [0, 0.05) is 26.8 Å². The van der Waals surface area contributed by atoms with E-state index in [1.54, 1.807) is 23.5 Å². The van der Waals surface area contributed by atoms with Gasteiger partial charge < -0.3 is 15.1 Å². The van der Waals surface area contributed by atoms with E-state index in [2.05, 4.69) is 65.6 Å². The summed E-state index contributed by atoms with van der Waals surface area (Å²) in [5.41, 5.74) is 4.49. The normalized spacial score (nSPS) is 11.2. The molecule has 1 heterocycles. The van der Waals surface area contributed by atoms with Crippen LogP contribution in [0, 0.1) is 0 Å². The van der Waals surface area contributed by atoms with Gasteiger partial charge in [-0.05, 0) is 83.9 Å². The fourth-order valence-electron chi connectivity index (χ4n) is 4.27. The van der Waals surface area contributed by atoms with Crippen LogP contribution in [0.4, 0.5) is 17.1 Å². The summed E-state index contributed by atoms with van der Waals surface area (Å²) >= 11 is 1.60. The minimum Gasteiger partial charge on any atom is -0.478 e. The Hall–Kier alpha value is -5.20. The van der Waals surface area contributed by atoms with Gasteiger partial charge in [0.1, 0.15) is 0 Å². The summed E-state index contributed by atoms with van der Waals surface area (Å²) in [5, 5.41) is 18.5. The second kappa shape index (κ2) is 12.1. The van der Waals surface area contributed by atoms with Gasteiger partial charge in [0.2, 0.25) is 0 Å². The minimum atomic E-state index is -1.27. The van der Waals surface area contributed by atoms with Gasteiger partial charge in [-0.1, -0.05) is 66.7 Å². The van der Waals surface area contributed by atoms with Crippen LogP contribution in [0.1, 0.15) is 41.6 Å². The highest BCUT2D eigenvalue weighted by Gasteiger charge is 2.15. The summed E-state index contributed by atoms with van der Waals surface area (Å²) in [7, 11) is 0. The zero-order valence-corrected chi connectivity index (χ0v) is 22.2. The molecule has 5 aromatic rings. The first-order valence-corrected chi connectivity index (χ1v) is 13.4. The summed E-state index contributed by atoms with van der Waals surface area (Å²) < 4.78 is 0. The molecule has 0 aliphatic carbocycles. The molecular formula is C34H25NO4S. The number of aromatic carboxylic acids is 2. The molecule has 5 rings (SSSR count). The van der Waals surface area contributed by atoms with Gasteiger partial charge in [0.05, 0.1) is 11.1 Å². The van der Waals surface area contributed by atoms with E-state index in [9.17, 15) is 19.8 Å². The monoisotopic (exact) mass is 543 g/mol. The molecule has 0 amide bonds. The Morgan fingerprint density at radius 1 is 0.525 bits per heavy atom. The van der Waals surface area contributed by atoms with Gasteiger partial charge in [-0.3, -0.25) is 0 Å². The highest BCUT2D eigenvalue weighted by Crippen LogP contribution is 2.34. The van der Waals surface area contributed by atoms with Crippen molar-refractivity contribution in [3.8, 4) is 0 Å². The Morgan fingerprint density at radius 2 is 1.00 bits per heavy atom. The maximum absolute atomic E-state index is 11.4. The van der Waals surface area contributed by atoms with Crippen LogP contribution in [-0.4, -0.2) is 22.2 Å². The zero-order valence-electron chi connectivity index (χ0n) is 21.3. The number of rotatable bonds is 9. The lowest BCUT2D eigenvalue weighted by Crippen LogP contribution is -2.09. The van der Waals surface area contributed by atoms with Crippen molar-refractivity contribution < 1.29 is 19.8 Å². The highest BCUT2D eigenvalue weighted by atomic mass is 32.1. The van der Waals surface area contributed by atoms with Crippen LogP contribution in [0.3, 0.4) is 0 Å². The number of carboxylic acids is 2. The molecule has 0 radical (unpaired) electrons. The molecule has 0 atom stereocenters. The maximum Gasteiger partial charge on any atom is 0.336 e. The molecular weight excluding hydrogens is 518 g/mol. The third-order valence-corrected chi connectivity index (χ3v) is 7.23. The Kier molecular flexibility index (Phi) is 7.99. The number of para-hydroxylation sites is 2. The molecule has 196 valence electrons. The lowest BCUT2D eigenvalue weighted by atomic mass is 10.0. The lowest BCUT2D eigenvalue weighted by Gasteiger charge is -2.25. The van der Waals surface area contributed by atoms with Gasteiger partial charge in [-0.2, -0.15) is 0 Å². The fourth-order valence-corrected chi connectivity index (χ4v) is 5.09. The van der Waals surface area contributed by atoms with E-state index in [0.29, 0.717) is 5.56 Å². The van der Waals surface area contributed by atoms with E-state index in [4.69, 9.17) is 0 Å². The van der Waals surface area contributed by atoms with E-state index in [0.717, 1.165) is 32.4 Å². The predicted molar refractivity (Wildman–Crippen MR) is 164 cm³/mol. The number of carboxylic acid groups (broad SMARTS) is 2. The number of nitrogens with zero attached hydrogens (tertiary/aromatic N) is 1. The van der Waals surface area contributed by atoms with Gasteiger partial charge in [0.25, 0.3) is 0 Å². The fraction of sp³-hybridized carbons (Fsp3) is 0. The van der Waals surface area contributed by atoms with Gasteiger partial charge >= 0.3 is 11.9 Å². The Labute approximate surface area is 236 Å². The number of anilines is 3. The maximum atomic E-state index is 11.4. The number of benzene rings is 4. The van der Waals surface area contributed by atoms with E-state index >= 15 is 0 Å². The molecule has 0 aliphatic rings. The van der Waals surface area contributed by atoms with Crippen LogP contribution in [-0.2, 0) is 0 Å². The van der Waals surface area contributed by atoms with Crippen LogP contribution in [0.15, 0.2) is 115 Å². The average Bonchev–Trinajstić information content (AvgIpc) is 3.44. The highest BCUT2D eigenvalue weighted by molar-refractivity contribution is 7.13. The van der Waals surface area contributed by atoms with Crippen molar-refractivity contribution in [3.63, 3.8) is 0 Å². The van der Waals surface area contributed by atoms with E-state index in [1.165, 1.54) is 12.1 Å². The van der Waals surface area contributed by atoms with E-state index in [1.807, 2.05) is 54.6 Å². The number of hydrogen-bond acceptors (Lipinski definition) is 4. The van der Waals surface area contributed by atoms with Crippen LogP contribution >= 0.6 is 11.3 Å². The topological polar surface area (TPSA) is 77.8 Å². The van der Waals surface area contributed by atoms with E-state index < -0.39 is 11.9 Å². The van der Waals surface area contributed by atoms with Crippen molar-refractivity contribution in [2.24, 2.45) is 0 Å². The SMILES string of the molecule is O=C(O)c1ccc(/C=C/c2ccc(/C=C/c3ccc(N(c4ccccc4)c4ccccc4)cc3)s2)cc1C(=O)O. The summed E-state index contributed by atoms with van der Waals surface area (Å²) in [6.07, 6.45) is 7.80. The third kappa shape index (κ3) is 6.26. The van der Waals surface area contributed by atoms with Crippen molar-refractivity contribution in [1.82, 2.24) is 0 Å². The molecule has 5 nitrogen and oxygen atoms in total. The van der Waals surface area contributed by atoms with Crippen molar-refractivity contribution >= 4 is 64.6 Å². The quantitative estimate of drug-likeness (QED) is 0.194. The van der Waals surface area contributed by atoms with Gasteiger partial charge in [0.15, 0.2) is 0 Å². The summed E-state index contributed by atoms with van der Waals surface area (Å²) in [6.45, 7) is 0. The third-order valence-electron chi connectivity index (χ3n) is 6.21. The van der Waals surface area contributed by atoms with E-state index in [-0.39, 0.29) is 11.1 Å². The molecule has 40 heavy (non-hydrogen) atoms. The average molecular weight is 544 g/mol. The molecule has 4 aromatic carbocycles. The molecule has 2 N–H and O–H groups in total. The predicted octanol–water partition coefficient (Wildman–Crippen LogP) is 8.96. The molecule has 6 heteroatoms. The zero-order chi connectivity index (χ0) is 27.9. The Bertz CT molecular complexity index is 1650. The lowest BCUT2D eigenvalue weighted by molar-refractivity contribution is 0.0651. The first-order chi connectivity index (χ1) is 19.5. The standard InChI is InChI=1S/C34H25NO4S/c36-33(37)31-22-15-25(23-32(31)34(38)39)14-19-30-21-20-29(40-30)18-13-24-11-16-28(17-12-24)35(26-7-3-1-4-8-26)27-9-5-2-6-10-27/h1-23H,(H,36,37)(H,38,39)/b18-13+,19-14+. The molecule has 0 saturated heterocycles. The van der Waals surface area contributed by atoms with Crippen molar-refractivity contribution in [3.05, 3.63) is 147 Å². The summed E-state index contributed by atoms with van der Waals surface area (Å²) in [4.78, 5) is 27.0. The molecule has 0 saturated carbocycles. The summed E-state index contributed by atoms with van der Waals surface area (Å²) in [5.74, 6) is -2.53. The largest absolute Gasteiger partial charge is 0.478 e. The number of thiophene rings is 1. The van der Waals surface area contributed by atoms with Crippen LogP contribution in [0.2, 0.25) is 0 Å². The van der Waals surface area contributed by atoms with Crippen molar-refractivity contribution in [2.45, 2.75) is 0 Å². The molecule has 0 fully saturated rings. The smallest absolute Gasteiger partial charge is 0.336 e. The second-order valence-corrected chi connectivity index (χ2v) is 10.1. The molecule has 1 aromatic heterocycles. The molecule has 0 spiro atoms. The molecule has 0 unspecified atom stereocenters.